The fourth-order valence-electron chi connectivity index (χ4n) is 6.21. The molecule has 49 heavy (non-hydrogen) atoms. The number of nitrogens with zero attached hydrogens (tertiary/aromatic N) is 2. The number of carbonyl (C=O) groups excluding carboxylic acids is 2. The first-order chi connectivity index (χ1) is 23.1. The van der Waals surface area contributed by atoms with Gasteiger partial charge in [-0.15, -0.1) is 0 Å². The van der Waals surface area contributed by atoms with E-state index in [9.17, 15) is 44.3 Å². The number of rotatable bonds is 11. The lowest BCUT2D eigenvalue weighted by molar-refractivity contribution is -0.144. The van der Waals surface area contributed by atoms with Crippen LogP contribution in [0.2, 0.25) is 0 Å². The summed E-state index contributed by atoms with van der Waals surface area (Å²) in [6.45, 7) is 1.21. The first-order valence-corrected chi connectivity index (χ1v) is 17.6. The van der Waals surface area contributed by atoms with E-state index in [1.807, 2.05) is 0 Å². The first-order valence-electron chi connectivity index (χ1n) is 15.7. The van der Waals surface area contributed by atoms with Crippen LogP contribution in [0.4, 0.5) is 35.5 Å². The summed E-state index contributed by atoms with van der Waals surface area (Å²) in [5, 5.41) is 2.63. The molecule has 1 saturated heterocycles. The van der Waals surface area contributed by atoms with Crippen LogP contribution in [0.5, 0.6) is 0 Å². The number of alkyl carbamates (subject to hydrolysis) is 1. The van der Waals surface area contributed by atoms with Crippen molar-refractivity contribution < 1.29 is 53.5 Å². The lowest BCUT2D eigenvalue weighted by Gasteiger charge is -2.33. The zero-order valence-corrected chi connectivity index (χ0v) is 27.0. The molecule has 2 amide bonds. The number of carbonyl (C=O) groups is 2. The number of aromatic amines is 1. The van der Waals surface area contributed by atoms with Gasteiger partial charge in [0.1, 0.15) is 27.8 Å². The van der Waals surface area contributed by atoms with Crippen LogP contribution in [0, 0.1) is 11.7 Å². The number of ether oxygens (including phenoxy) is 1. The Balaban J connectivity index is 1.48. The molecule has 3 aromatic rings. The molecule has 2 aliphatic rings. The van der Waals surface area contributed by atoms with Crippen LogP contribution in [-0.4, -0.2) is 77.6 Å². The number of H-pyrrole nitrogens is 1. The molecule has 0 radical (unpaired) electrons. The number of aromatic nitrogens is 2. The fourth-order valence-corrected chi connectivity index (χ4v) is 7.10. The van der Waals surface area contributed by atoms with Crippen LogP contribution >= 0.6 is 0 Å². The second-order valence-electron chi connectivity index (χ2n) is 12.3. The van der Waals surface area contributed by atoms with Gasteiger partial charge in [0.25, 0.3) is 0 Å². The Morgan fingerprint density at radius 1 is 1.04 bits per heavy atom. The molecule has 268 valence electrons. The van der Waals surface area contributed by atoms with Gasteiger partial charge in [-0.1, -0.05) is 43.3 Å². The van der Waals surface area contributed by atoms with Crippen molar-refractivity contribution in [3.05, 3.63) is 65.2 Å². The summed E-state index contributed by atoms with van der Waals surface area (Å²) in [4.78, 5) is 33.1. The van der Waals surface area contributed by atoms with Crippen molar-refractivity contribution >= 4 is 32.9 Å². The number of halogens is 7. The summed E-state index contributed by atoms with van der Waals surface area (Å²) in [5.41, 5.74) is -0.259. The van der Waals surface area contributed by atoms with E-state index >= 15 is 4.39 Å². The SMILES string of the molecule is CCS(=O)(=O)CCC(C(=O)N1C(F)C(F)C(F)C1F)c1ccc2[nH]c([C@@H](NC(=O)OCc3ccccc3)C3CCC(F)(F)CC3)nc2c1F. The predicted molar refractivity (Wildman–Crippen MR) is 164 cm³/mol. The van der Waals surface area contributed by atoms with E-state index in [1.54, 1.807) is 30.3 Å². The van der Waals surface area contributed by atoms with Gasteiger partial charge in [-0.3, -0.25) is 9.69 Å². The monoisotopic (exact) mass is 720 g/mol. The molecule has 0 spiro atoms. The van der Waals surface area contributed by atoms with Crippen LogP contribution in [-0.2, 0) is 26.0 Å². The number of alkyl halides is 6. The molecule has 2 aromatic carbocycles. The molecule has 0 bridgehead atoms. The maximum absolute atomic E-state index is 16.3. The number of imidazole rings is 1. The minimum atomic E-state index is -3.80. The highest BCUT2D eigenvalue weighted by molar-refractivity contribution is 7.91. The number of benzene rings is 2. The van der Waals surface area contributed by atoms with Crippen molar-refractivity contribution in [1.29, 1.82) is 0 Å². The lowest BCUT2D eigenvalue weighted by atomic mass is 9.82. The minimum absolute atomic E-state index is 0.0229. The number of fused-ring (bicyclic) bond motifs is 1. The van der Waals surface area contributed by atoms with Gasteiger partial charge in [-0.05, 0) is 36.8 Å². The number of nitrogens with one attached hydrogen (secondary N) is 2. The third kappa shape index (κ3) is 7.96. The third-order valence-electron chi connectivity index (χ3n) is 9.10. The van der Waals surface area contributed by atoms with E-state index < -0.39 is 112 Å². The van der Waals surface area contributed by atoms with Gasteiger partial charge in [0.15, 0.2) is 18.2 Å². The van der Waals surface area contributed by atoms with Crippen molar-refractivity contribution in [1.82, 2.24) is 20.2 Å². The van der Waals surface area contributed by atoms with Crippen molar-refractivity contribution in [2.24, 2.45) is 5.92 Å². The average Bonchev–Trinajstić information content (AvgIpc) is 3.59. The lowest BCUT2D eigenvalue weighted by Crippen LogP contribution is -2.43. The standard InChI is InChI=1S/C32H35F7N4O5S/c1-2-49(46,47)15-12-20(30(44)43-27(36)23(34)24(35)28(43)37)19-8-9-21-26(22(19)33)41-29(40-21)25(18-10-13-32(38,39)14-11-18)42-31(45)48-16-17-6-4-3-5-7-17/h3-9,18,20,23-25,27-28H,2,10-16H2,1H3,(H,40,41)(H,42,45)/t20?,23?,24?,25-,27?,28?/m0/s1. The predicted octanol–water partition coefficient (Wildman–Crippen LogP) is 6.51. The van der Waals surface area contributed by atoms with Crippen LogP contribution in [0.3, 0.4) is 0 Å². The topological polar surface area (TPSA) is 121 Å². The molecule has 5 rings (SSSR count). The molecule has 1 saturated carbocycles. The zero-order chi connectivity index (χ0) is 35.7. The van der Waals surface area contributed by atoms with Gasteiger partial charge in [0.05, 0.1) is 23.2 Å². The van der Waals surface area contributed by atoms with Crippen molar-refractivity contribution in [3.63, 3.8) is 0 Å². The number of hydrogen-bond acceptors (Lipinski definition) is 6. The van der Waals surface area contributed by atoms with Crippen LogP contribution in [0.25, 0.3) is 11.0 Å². The van der Waals surface area contributed by atoms with E-state index in [0.29, 0.717) is 5.56 Å². The number of hydrogen-bond donors (Lipinski definition) is 2. The molecule has 1 aliphatic heterocycles. The second-order valence-corrected chi connectivity index (χ2v) is 14.8. The van der Waals surface area contributed by atoms with Gasteiger partial charge in [0, 0.05) is 24.2 Å². The zero-order valence-electron chi connectivity index (χ0n) is 26.2. The van der Waals surface area contributed by atoms with E-state index in [-0.39, 0.29) is 41.4 Å². The van der Waals surface area contributed by atoms with Gasteiger partial charge >= 0.3 is 6.09 Å². The molecular weight excluding hydrogens is 685 g/mol. The number of sulfone groups is 1. The Morgan fingerprint density at radius 3 is 2.29 bits per heavy atom. The Bertz CT molecular complexity index is 1740. The number of amides is 2. The normalized spacial score (nSPS) is 24.1. The van der Waals surface area contributed by atoms with Gasteiger partial charge in [0.2, 0.25) is 24.4 Å². The van der Waals surface area contributed by atoms with Gasteiger partial charge in [-0.2, -0.15) is 0 Å². The van der Waals surface area contributed by atoms with Gasteiger partial charge < -0.3 is 15.0 Å². The molecule has 2 N–H and O–H groups in total. The first kappa shape index (κ1) is 36.4. The highest BCUT2D eigenvalue weighted by Gasteiger charge is 2.55. The Kier molecular flexibility index (Phi) is 10.8. The maximum Gasteiger partial charge on any atom is 0.408 e. The molecule has 9 nitrogen and oxygen atoms in total. The Morgan fingerprint density at radius 2 is 1.67 bits per heavy atom. The minimum Gasteiger partial charge on any atom is -0.445 e. The summed E-state index contributed by atoms with van der Waals surface area (Å²) >= 11 is 0. The van der Waals surface area contributed by atoms with E-state index in [4.69, 9.17) is 4.74 Å². The van der Waals surface area contributed by atoms with Crippen LogP contribution in [0.15, 0.2) is 42.5 Å². The van der Waals surface area contributed by atoms with E-state index in [1.165, 1.54) is 13.0 Å². The smallest absolute Gasteiger partial charge is 0.408 e. The van der Waals surface area contributed by atoms with Crippen LogP contribution < -0.4 is 5.32 Å². The molecule has 1 aromatic heterocycles. The number of likely N-dealkylation sites (tertiary alicyclic amines) is 1. The molecule has 17 heteroatoms. The van der Waals surface area contributed by atoms with Crippen LogP contribution in [0.1, 0.15) is 67.9 Å². The quantitative estimate of drug-likeness (QED) is 0.172. The average molecular weight is 721 g/mol. The van der Waals surface area contributed by atoms with Crippen molar-refractivity contribution in [3.8, 4) is 0 Å². The molecular formula is C32H35F7N4O5S. The fraction of sp³-hybridized carbons (Fsp3) is 0.531. The Hall–Kier alpha value is -3.89. The maximum atomic E-state index is 16.3. The summed E-state index contributed by atoms with van der Waals surface area (Å²) < 4.78 is 131. The van der Waals surface area contributed by atoms with Gasteiger partial charge in [-0.25, -0.2) is 48.9 Å². The van der Waals surface area contributed by atoms with E-state index in [2.05, 4.69) is 15.3 Å². The highest BCUT2D eigenvalue weighted by Crippen LogP contribution is 2.42. The Labute approximate surface area is 277 Å². The largest absolute Gasteiger partial charge is 0.445 e. The summed E-state index contributed by atoms with van der Waals surface area (Å²) in [5.74, 6) is -9.27. The molecule has 1 aliphatic carbocycles. The van der Waals surface area contributed by atoms with Crippen molar-refractivity contribution in [2.75, 3.05) is 11.5 Å². The second kappa shape index (κ2) is 14.5. The molecule has 5 unspecified atom stereocenters. The molecule has 6 atom stereocenters. The van der Waals surface area contributed by atoms with Crippen molar-refractivity contribution in [2.45, 2.75) is 88.5 Å². The molecule has 2 fully saturated rings. The van der Waals surface area contributed by atoms with E-state index in [0.717, 1.165) is 6.07 Å². The summed E-state index contributed by atoms with van der Waals surface area (Å²) in [6.07, 6.45) is -14.7. The summed E-state index contributed by atoms with van der Waals surface area (Å²) in [7, 11) is -3.80. The third-order valence-corrected chi connectivity index (χ3v) is 10.8. The molecule has 2 heterocycles. The summed E-state index contributed by atoms with van der Waals surface area (Å²) in [6, 6.07) is 9.94. The highest BCUT2D eigenvalue weighted by atomic mass is 32.2.